The van der Waals surface area contributed by atoms with Crippen LogP contribution in [0.1, 0.15) is 230 Å². The first-order chi connectivity index (χ1) is 32.0. The predicted octanol–water partition coefficient (Wildman–Crippen LogP) is 13.6. The molecule has 1 heterocycles. The lowest BCUT2D eigenvalue weighted by Gasteiger charge is -2.58. The third-order valence-corrected chi connectivity index (χ3v) is 18.0. The molecule has 0 aromatic carbocycles. The number of unbranched alkanes of at least 4 members (excludes halogenated alkanes) is 12. The topological polar surface area (TPSA) is 124 Å². The van der Waals surface area contributed by atoms with Crippen LogP contribution in [0, 0.1) is 52.3 Å². The standard InChI is InChI=1S/C57H96O10/c1-11-13-14-15-16-17-18-19-20-21-22-23-24-25-51(61)62-37-50-52(63-40(6)58)53(64-41(7)59)54(65-42(8)60)55(67-50)66-45-32-34-56(9)44(36-45)28-29-46-48-31-30-47(57(48,10)35-33-49(46)56)39(5)26-27-43(12-2)38(3)4/h28,38-39,43,45-50,52-55H,11-27,29-37H2,1-10H3/t39-,43+,45+,46-,47+,48-,49+,50+,52+,53-,54+,55+,56+,57-/m1/s1. The second kappa shape index (κ2) is 26.7. The van der Waals surface area contributed by atoms with Gasteiger partial charge < -0.3 is 28.4 Å². The van der Waals surface area contributed by atoms with Gasteiger partial charge in [0.1, 0.15) is 12.7 Å². The van der Waals surface area contributed by atoms with Gasteiger partial charge in [0.2, 0.25) is 0 Å². The first-order valence-electron chi connectivity index (χ1n) is 27.7. The maximum Gasteiger partial charge on any atom is 0.305 e. The Labute approximate surface area is 407 Å². The van der Waals surface area contributed by atoms with Gasteiger partial charge in [0.25, 0.3) is 0 Å². The summed E-state index contributed by atoms with van der Waals surface area (Å²) >= 11 is 0. The van der Waals surface area contributed by atoms with E-state index in [2.05, 4.69) is 54.5 Å². The third-order valence-electron chi connectivity index (χ3n) is 18.0. The minimum atomic E-state index is -1.24. The van der Waals surface area contributed by atoms with E-state index in [9.17, 15) is 19.2 Å². The Bertz CT molecular complexity index is 1590. The van der Waals surface area contributed by atoms with Gasteiger partial charge in [-0.15, -0.1) is 0 Å². The average Bonchev–Trinajstić information content (AvgIpc) is 3.63. The lowest BCUT2D eigenvalue weighted by Crippen LogP contribution is -2.63. The molecule has 1 aliphatic heterocycles. The third kappa shape index (κ3) is 15.0. The Kier molecular flexibility index (Phi) is 22.1. The van der Waals surface area contributed by atoms with Crippen molar-refractivity contribution in [2.45, 2.75) is 267 Å². The van der Waals surface area contributed by atoms with E-state index in [4.69, 9.17) is 28.4 Å². The van der Waals surface area contributed by atoms with Gasteiger partial charge in [0, 0.05) is 27.2 Å². The van der Waals surface area contributed by atoms with E-state index in [0.29, 0.717) is 17.3 Å². The van der Waals surface area contributed by atoms with Gasteiger partial charge >= 0.3 is 23.9 Å². The maximum absolute atomic E-state index is 13.1. The molecule has 5 rings (SSSR count). The molecule has 384 valence electrons. The molecule has 0 unspecified atom stereocenters. The molecular weight excluding hydrogens is 845 g/mol. The van der Waals surface area contributed by atoms with Crippen molar-refractivity contribution in [2.75, 3.05) is 6.61 Å². The zero-order valence-electron chi connectivity index (χ0n) is 44.1. The van der Waals surface area contributed by atoms with Crippen LogP contribution in [0.15, 0.2) is 11.6 Å². The number of hydrogen-bond acceptors (Lipinski definition) is 10. The molecule has 4 fully saturated rings. The number of carbonyl (C=O) groups is 4. The summed E-state index contributed by atoms with van der Waals surface area (Å²) in [6, 6.07) is 0. The normalized spacial score (nSPS) is 33.4. The monoisotopic (exact) mass is 941 g/mol. The van der Waals surface area contributed by atoms with Crippen LogP contribution in [-0.2, 0) is 47.6 Å². The summed E-state index contributed by atoms with van der Waals surface area (Å²) in [6.07, 6.45) is 25.4. The number of carbonyl (C=O) groups excluding carboxylic acids is 4. The second-order valence-corrected chi connectivity index (χ2v) is 22.9. The molecule has 67 heavy (non-hydrogen) atoms. The van der Waals surface area contributed by atoms with Gasteiger partial charge in [0.05, 0.1) is 6.10 Å². The quantitative estimate of drug-likeness (QED) is 0.0340. The fourth-order valence-corrected chi connectivity index (χ4v) is 14.2. The lowest BCUT2D eigenvalue weighted by molar-refractivity contribution is -0.318. The minimum Gasteiger partial charge on any atom is -0.463 e. The molecular formula is C57H96O10. The van der Waals surface area contributed by atoms with Crippen molar-refractivity contribution in [1.29, 1.82) is 0 Å². The van der Waals surface area contributed by atoms with Crippen molar-refractivity contribution in [2.24, 2.45) is 52.3 Å². The lowest BCUT2D eigenvalue weighted by atomic mass is 9.47. The Hall–Kier alpha value is -2.46. The SMILES string of the molecule is CCCCCCCCCCCCCCCC(=O)OC[C@@H]1O[C@H](O[C@H]2CC[C@@]3(C)C(=CC[C@@H]4[C@H]5CC[C@@H]([C@H](C)CC[C@H](CC)C(C)C)[C@@]5(C)CC[C@@H]43)C2)[C@@H](OC(C)=O)[C@H](OC(C)=O)[C@H]1OC(C)=O. The summed E-state index contributed by atoms with van der Waals surface area (Å²) in [5, 5.41) is 0. The number of allylic oxidation sites excluding steroid dienone is 1. The Balaban J connectivity index is 1.19. The Morgan fingerprint density at radius 3 is 1.90 bits per heavy atom. The van der Waals surface area contributed by atoms with Gasteiger partial charge in [-0.3, -0.25) is 19.2 Å². The van der Waals surface area contributed by atoms with Crippen LogP contribution < -0.4 is 0 Å². The number of esters is 4. The predicted molar refractivity (Wildman–Crippen MR) is 264 cm³/mol. The maximum atomic E-state index is 13.1. The van der Waals surface area contributed by atoms with Crippen molar-refractivity contribution in [1.82, 2.24) is 0 Å². The fraction of sp³-hybridized carbons (Fsp3) is 0.895. The van der Waals surface area contributed by atoms with Crippen LogP contribution in [0.25, 0.3) is 0 Å². The summed E-state index contributed by atoms with van der Waals surface area (Å²) in [7, 11) is 0. The van der Waals surface area contributed by atoms with Crippen molar-refractivity contribution in [3.8, 4) is 0 Å². The number of rotatable bonds is 27. The highest BCUT2D eigenvalue weighted by Crippen LogP contribution is 2.67. The fourth-order valence-electron chi connectivity index (χ4n) is 14.2. The number of hydrogen-bond donors (Lipinski definition) is 0. The molecule has 0 aromatic heterocycles. The van der Waals surface area contributed by atoms with E-state index in [0.717, 1.165) is 74.5 Å². The minimum absolute atomic E-state index is 0.0901. The average molecular weight is 941 g/mol. The molecule has 4 aliphatic carbocycles. The molecule has 5 aliphatic rings. The van der Waals surface area contributed by atoms with Crippen LogP contribution in [-0.4, -0.2) is 67.3 Å². The van der Waals surface area contributed by atoms with Crippen LogP contribution in [0.4, 0.5) is 0 Å². The number of ether oxygens (including phenoxy) is 6. The van der Waals surface area contributed by atoms with E-state index in [1.165, 1.54) is 135 Å². The molecule has 0 bridgehead atoms. The van der Waals surface area contributed by atoms with Crippen LogP contribution in [0.5, 0.6) is 0 Å². The molecule has 0 aromatic rings. The highest BCUT2D eigenvalue weighted by Gasteiger charge is 2.60. The zero-order chi connectivity index (χ0) is 48.7. The van der Waals surface area contributed by atoms with E-state index >= 15 is 0 Å². The largest absolute Gasteiger partial charge is 0.463 e. The summed E-state index contributed by atoms with van der Waals surface area (Å²) in [6.45, 7) is 20.7. The van der Waals surface area contributed by atoms with Crippen molar-refractivity contribution in [3.63, 3.8) is 0 Å². The molecule has 10 heteroatoms. The van der Waals surface area contributed by atoms with E-state index in [1.54, 1.807) is 0 Å². The summed E-state index contributed by atoms with van der Waals surface area (Å²) in [5.74, 6) is 2.98. The van der Waals surface area contributed by atoms with Gasteiger partial charge in [0.15, 0.2) is 24.6 Å². The van der Waals surface area contributed by atoms with Gasteiger partial charge in [-0.1, -0.05) is 150 Å². The van der Waals surface area contributed by atoms with Crippen molar-refractivity contribution in [3.05, 3.63) is 11.6 Å². The smallest absolute Gasteiger partial charge is 0.305 e. The molecule has 0 N–H and O–H groups in total. The summed E-state index contributed by atoms with van der Waals surface area (Å²) < 4.78 is 36.4. The first-order valence-corrected chi connectivity index (χ1v) is 27.7. The summed E-state index contributed by atoms with van der Waals surface area (Å²) in [4.78, 5) is 50.8. The van der Waals surface area contributed by atoms with Crippen LogP contribution >= 0.6 is 0 Å². The molecule has 3 saturated carbocycles. The zero-order valence-corrected chi connectivity index (χ0v) is 44.1. The van der Waals surface area contributed by atoms with Gasteiger partial charge in [-0.2, -0.15) is 0 Å². The van der Waals surface area contributed by atoms with E-state index < -0.39 is 48.6 Å². The van der Waals surface area contributed by atoms with Gasteiger partial charge in [-0.25, -0.2) is 0 Å². The van der Waals surface area contributed by atoms with E-state index in [1.807, 2.05) is 0 Å². The van der Waals surface area contributed by atoms with E-state index in [-0.39, 0.29) is 30.5 Å². The summed E-state index contributed by atoms with van der Waals surface area (Å²) in [5.41, 5.74) is 1.95. The Morgan fingerprint density at radius 1 is 0.701 bits per heavy atom. The number of fused-ring (bicyclic) bond motifs is 5. The molecule has 14 atom stereocenters. The Morgan fingerprint density at radius 2 is 1.30 bits per heavy atom. The molecule has 0 amide bonds. The van der Waals surface area contributed by atoms with Crippen molar-refractivity contribution >= 4 is 23.9 Å². The molecule has 10 nitrogen and oxygen atoms in total. The van der Waals surface area contributed by atoms with Gasteiger partial charge in [-0.05, 0) is 116 Å². The molecule has 1 saturated heterocycles. The molecule has 0 spiro atoms. The van der Waals surface area contributed by atoms with Crippen LogP contribution in [0.3, 0.4) is 0 Å². The highest BCUT2D eigenvalue weighted by atomic mass is 16.7. The first kappa shape index (κ1) is 55.5. The highest BCUT2D eigenvalue weighted by molar-refractivity contribution is 5.69. The second-order valence-electron chi connectivity index (χ2n) is 22.9. The van der Waals surface area contributed by atoms with Crippen LogP contribution in [0.2, 0.25) is 0 Å². The molecule has 0 radical (unpaired) electrons. The van der Waals surface area contributed by atoms with Crippen molar-refractivity contribution < 1.29 is 47.6 Å².